The summed E-state index contributed by atoms with van der Waals surface area (Å²) in [6.07, 6.45) is 2.10. The van der Waals surface area contributed by atoms with E-state index in [0.717, 1.165) is 21.1 Å². The van der Waals surface area contributed by atoms with Gasteiger partial charge in [0.2, 0.25) is 5.91 Å². The molecular weight excluding hydrogens is 354 g/mol. The maximum absolute atomic E-state index is 12.8. The van der Waals surface area contributed by atoms with Gasteiger partial charge in [0.25, 0.3) is 10.2 Å². The Morgan fingerprint density at radius 3 is 2.46 bits per heavy atom. The van der Waals surface area contributed by atoms with Crippen LogP contribution >= 0.6 is 0 Å². The topological polar surface area (TPSA) is 96.3 Å². The Morgan fingerprint density at radius 1 is 1.23 bits per heavy atom. The number of nitrogens with one attached hydrogen (secondary N) is 2. The predicted octanol–water partition coefficient (Wildman–Crippen LogP) is 1.26. The number of nitrogens with zero attached hydrogens (tertiary/aromatic N) is 3. The molecule has 0 bridgehead atoms. The number of hydrogen-bond donors (Lipinski definition) is 2. The number of amides is 1. The first kappa shape index (κ1) is 18.6. The van der Waals surface area contributed by atoms with Gasteiger partial charge in [0, 0.05) is 31.5 Å². The average Bonchev–Trinajstić information content (AvgIpc) is 2.90. The molecule has 0 spiro atoms. The van der Waals surface area contributed by atoms with Crippen LogP contribution < -0.4 is 10.0 Å². The number of aromatic nitrogens is 2. The molecule has 0 radical (unpaired) electrons. The van der Waals surface area contributed by atoms with Crippen LogP contribution in [0.3, 0.4) is 0 Å². The van der Waals surface area contributed by atoms with Crippen LogP contribution in [0.15, 0.2) is 30.5 Å². The van der Waals surface area contributed by atoms with Gasteiger partial charge in [0.1, 0.15) is 6.04 Å². The van der Waals surface area contributed by atoms with Gasteiger partial charge in [-0.25, -0.2) is 0 Å². The Bertz CT molecular complexity index is 920. The van der Waals surface area contributed by atoms with E-state index in [1.807, 2.05) is 26.0 Å². The van der Waals surface area contributed by atoms with Gasteiger partial charge in [0.05, 0.1) is 11.7 Å². The highest BCUT2D eigenvalue weighted by molar-refractivity contribution is 7.87. The van der Waals surface area contributed by atoms with Crippen molar-refractivity contribution in [2.45, 2.75) is 32.4 Å². The molecule has 8 nitrogen and oxygen atoms in total. The lowest BCUT2D eigenvalue weighted by atomic mass is 10.00. The second kappa shape index (κ2) is 6.82. The fraction of sp³-hybridized carbons (Fsp3) is 0.412. The van der Waals surface area contributed by atoms with Crippen molar-refractivity contribution in [1.82, 2.24) is 18.8 Å². The first-order valence-corrected chi connectivity index (χ1v) is 9.74. The summed E-state index contributed by atoms with van der Waals surface area (Å²) in [7, 11) is -0.584. The van der Waals surface area contributed by atoms with Crippen molar-refractivity contribution < 1.29 is 13.2 Å². The molecule has 1 saturated heterocycles. The van der Waals surface area contributed by atoms with Crippen molar-refractivity contribution in [2.75, 3.05) is 12.4 Å². The summed E-state index contributed by atoms with van der Waals surface area (Å²) in [4.78, 5) is 12.8. The molecule has 1 aliphatic heterocycles. The van der Waals surface area contributed by atoms with Crippen molar-refractivity contribution in [3.63, 3.8) is 0 Å². The number of hydrogen-bond acceptors (Lipinski definition) is 4. The molecule has 2 N–H and O–H groups in total. The second-order valence-electron chi connectivity index (χ2n) is 6.64. The summed E-state index contributed by atoms with van der Waals surface area (Å²) in [5, 5.41) is 7.07. The summed E-state index contributed by atoms with van der Waals surface area (Å²) in [5.41, 5.74) is 3.23. The average molecular weight is 377 g/mol. The summed E-state index contributed by atoms with van der Waals surface area (Å²) in [6.45, 7) is 3.78. The molecule has 2 heterocycles. The Kier molecular flexibility index (Phi) is 4.87. The van der Waals surface area contributed by atoms with Crippen molar-refractivity contribution in [3.8, 4) is 0 Å². The molecule has 0 saturated carbocycles. The number of carbonyl (C=O) groups is 1. The van der Waals surface area contributed by atoms with E-state index in [1.165, 1.54) is 7.05 Å². The van der Waals surface area contributed by atoms with Gasteiger partial charge >= 0.3 is 0 Å². The fourth-order valence-electron chi connectivity index (χ4n) is 3.14. The van der Waals surface area contributed by atoms with Crippen LogP contribution in [0.1, 0.15) is 29.3 Å². The molecule has 1 aliphatic rings. The third-order valence-electron chi connectivity index (χ3n) is 4.62. The molecule has 3 rings (SSSR count). The highest BCUT2D eigenvalue weighted by Crippen LogP contribution is 2.29. The van der Waals surface area contributed by atoms with Crippen LogP contribution in [0.5, 0.6) is 0 Å². The SMILES string of the molecule is Cc1ccc(NC(=O)[C@@H]2C[C@@H](c3cn(C)nc3C)NS(=O)(=O)N2C)cc1. The molecular formula is C17H23N5O3S. The van der Waals surface area contributed by atoms with Crippen LogP contribution in [0, 0.1) is 13.8 Å². The number of aryl methyl sites for hydroxylation is 3. The maximum Gasteiger partial charge on any atom is 0.280 e. The van der Waals surface area contributed by atoms with E-state index < -0.39 is 22.3 Å². The molecule has 26 heavy (non-hydrogen) atoms. The molecule has 9 heteroatoms. The number of rotatable bonds is 3. The smallest absolute Gasteiger partial charge is 0.280 e. The lowest BCUT2D eigenvalue weighted by molar-refractivity contribution is -0.120. The Labute approximate surface area is 153 Å². The molecule has 0 unspecified atom stereocenters. The molecule has 1 fully saturated rings. The summed E-state index contributed by atoms with van der Waals surface area (Å²) >= 11 is 0. The first-order chi connectivity index (χ1) is 12.2. The van der Waals surface area contributed by atoms with Gasteiger partial charge < -0.3 is 5.32 Å². The summed E-state index contributed by atoms with van der Waals surface area (Å²) < 4.78 is 30.4. The number of carbonyl (C=O) groups excluding carboxylic acids is 1. The van der Waals surface area contributed by atoms with Crippen molar-refractivity contribution in [1.29, 1.82) is 0 Å². The normalized spacial score (nSPS) is 22.9. The molecule has 1 amide bonds. The lowest BCUT2D eigenvalue weighted by Crippen LogP contribution is -2.56. The van der Waals surface area contributed by atoms with Crippen LogP contribution in [0.25, 0.3) is 0 Å². The monoisotopic (exact) mass is 377 g/mol. The summed E-state index contributed by atoms with van der Waals surface area (Å²) in [5.74, 6) is -0.354. The minimum atomic E-state index is -3.77. The predicted molar refractivity (Wildman–Crippen MR) is 98.7 cm³/mol. The van der Waals surface area contributed by atoms with E-state index in [0.29, 0.717) is 12.1 Å². The summed E-state index contributed by atoms with van der Waals surface area (Å²) in [6, 6.07) is 6.06. The first-order valence-electron chi connectivity index (χ1n) is 8.30. The van der Waals surface area contributed by atoms with Gasteiger partial charge in [-0.3, -0.25) is 9.48 Å². The number of anilines is 1. The van der Waals surface area contributed by atoms with E-state index >= 15 is 0 Å². The second-order valence-corrected chi connectivity index (χ2v) is 8.40. The molecule has 140 valence electrons. The third-order valence-corrected chi connectivity index (χ3v) is 6.21. The van der Waals surface area contributed by atoms with Gasteiger partial charge in [-0.05, 0) is 32.4 Å². The zero-order valence-corrected chi connectivity index (χ0v) is 16.0. The molecule has 2 aromatic rings. The number of likely N-dealkylation sites (N-methyl/N-ethyl adjacent to an activating group) is 1. The molecule has 2 atom stereocenters. The van der Waals surface area contributed by atoms with Crippen LogP contribution in [0.4, 0.5) is 5.69 Å². The number of benzene rings is 1. The Hall–Kier alpha value is -2.23. The maximum atomic E-state index is 12.8. The van der Waals surface area contributed by atoms with Crippen molar-refractivity contribution in [3.05, 3.63) is 47.3 Å². The highest BCUT2D eigenvalue weighted by atomic mass is 32.2. The van der Waals surface area contributed by atoms with Gasteiger partial charge in [-0.1, -0.05) is 17.7 Å². The third kappa shape index (κ3) is 3.64. The van der Waals surface area contributed by atoms with Crippen LogP contribution in [-0.2, 0) is 22.1 Å². The van der Waals surface area contributed by atoms with E-state index in [-0.39, 0.29) is 5.91 Å². The van der Waals surface area contributed by atoms with E-state index in [1.54, 1.807) is 30.1 Å². The molecule has 1 aromatic carbocycles. The van der Waals surface area contributed by atoms with Gasteiger partial charge in [0.15, 0.2) is 0 Å². The standard InChI is InChI=1S/C17H23N5O3S/c1-11-5-7-13(8-6-11)18-17(23)16-9-15(20-26(24,25)22(16)4)14-10-21(3)19-12(14)2/h5-8,10,15-16,20H,9H2,1-4H3,(H,18,23)/t15-,16-/m0/s1. The zero-order valence-electron chi connectivity index (χ0n) is 15.2. The van der Waals surface area contributed by atoms with E-state index in [9.17, 15) is 13.2 Å². The minimum absolute atomic E-state index is 0.319. The van der Waals surface area contributed by atoms with Gasteiger partial charge in [-0.2, -0.15) is 22.5 Å². The van der Waals surface area contributed by atoms with E-state index in [2.05, 4.69) is 15.1 Å². The van der Waals surface area contributed by atoms with Crippen molar-refractivity contribution in [2.24, 2.45) is 7.05 Å². The fourth-order valence-corrected chi connectivity index (χ4v) is 4.40. The lowest BCUT2D eigenvalue weighted by Gasteiger charge is -2.36. The van der Waals surface area contributed by atoms with Crippen LogP contribution in [-0.4, -0.2) is 41.5 Å². The van der Waals surface area contributed by atoms with Crippen LogP contribution in [0.2, 0.25) is 0 Å². The largest absolute Gasteiger partial charge is 0.325 e. The van der Waals surface area contributed by atoms with E-state index in [4.69, 9.17) is 0 Å². The zero-order chi connectivity index (χ0) is 19.1. The highest BCUT2D eigenvalue weighted by Gasteiger charge is 2.41. The Balaban J connectivity index is 1.85. The Morgan fingerprint density at radius 2 is 1.88 bits per heavy atom. The minimum Gasteiger partial charge on any atom is -0.325 e. The van der Waals surface area contributed by atoms with Gasteiger partial charge in [-0.15, -0.1) is 0 Å². The molecule has 1 aromatic heterocycles. The molecule has 0 aliphatic carbocycles. The quantitative estimate of drug-likeness (QED) is 0.841. The van der Waals surface area contributed by atoms with Crippen molar-refractivity contribution >= 4 is 21.8 Å².